The quantitative estimate of drug-likeness (QED) is 0.134. The lowest BCUT2D eigenvalue weighted by Crippen LogP contribution is -2.03. The molecular weight excluding hydrogens is 1760 g/mol. The van der Waals surface area contributed by atoms with Gasteiger partial charge >= 0.3 is 0 Å². The summed E-state index contributed by atoms with van der Waals surface area (Å²) in [4.78, 5) is 32.1. The molecule has 0 N–H and O–H groups in total. The topological polar surface area (TPSA) is 92.1 Å². The number of benzene rings is 25. The summed E-state index contributed by atoms with van der Waals surface area (Å²) < 4.78 is 48.7. The number of hydrogen-bond acceptors (Lipinski definition) is 6. The van der Waals surface area contributed by atoms with Crippen molar-refractivity contribution in [3.8, 4) is 85.0 Å². The molecule has 672 valence electrons. The maximum absolute atomic E-state index is 8.69. The number of hydrogen-bond donors (Lipinski definition) is 0. The van der Waals surface area contributed by atoms with Crippen LogP contribution in [0.4, 0.5) is 0 Å². The van der Waals surface area contributed by atoms with Crippen LogP contribution < -0.4 is 0 Å². The molecule has 0 fully saturated rings. The second kappa shape index (κ2) is 33.7. The first-order valence-corrected chi connectivity index (χ1v) is 49.0. The lowest BCUT2D eigenvalue weighted by molar-refractivity contribution is 1.01. The number of nitrogens with zero attached hydrogens (tertiary/aromatic N) is 9. The van der Waals surface area contributed by atoms with Crippen molar-refractivity contribution >= 4 is 206 Å². The molecule has 0 amide bonds. The van der Waals surface area contributed by atoms with E-state index in [2.05, 4.69) is 444 Å². The van der Waals surface area contributed by atoms with Crippen molar-refractivity contribution in [2.75, 3.05) is 0 Å². The zero-order valence-corrected chi connectivity index (χ0v) is 78.1. The van der Waals surface area contributed by atoms with Gasteiger partial charge in [-0.2, -0.15) is 0 Å². The minimum absolute atomic E-state index is 0.141. The van der Waals surface area contributed by atoms with Gasteiger partial charge in [-0.05, 0) is 250 Å². The largest absolute Gasteiger partial charge is 0.278 e. The summed E-state index contributed by atoms with van der Waals surface area (Å²) in [7, 11) is 0. The Labute approximate surface area is 839 Å². The third-order valence-corrected chi connectivity index (χ3v) is 29.3. The van der Waals surface area contributed by atoms with Crippen LogP contribution in [0.1, 0.15) is 6.85 Å². The van der Waals surface area contributed by atoms with Gasteiger partial charge in [-0.15, -0.1) is 0 Å². The van der Waals surface area contributed by atoms with Gasteiger partial charge in [-0.3, -0.25) is 13.7 Å². The Kier molecular flexibility index (Phi) is 18.0. The van der Waals surface area contributed by atoms with Crippen molar-refractivity contribution in [2.24, 2.45) is 0 Å². The smallest absolute Gasteiger partial charge is 0.235 e. The predicted molar refractivity (Wildman–Crippen MR) is 609 cm³/mol. The van der Waals surface area contributed by atoms with Crippen molar-refractivity contribution < 1.29 is 6.85 Å². The first-order chi connectivity index (χ1) is 73.9. The fourth-order valence-electron chi connectivity index (χ4n) is 22.5. The number of para-hydroxylation sites is 3. The van der Waals surface area contributed by atoms with E-state index >= 15 is 0 Å². The fraction of sp³-hybridized carbons (Fsp3) is 0. The highest BCUT2D eigenvalue weighted by molar-refractivity contribution is 6.27. The zero-order chi connectivity index (χ0) is 99.6. The van der Waals surface area contributed by atoms with Crippen LogP contribution >= 0.6 is 0 Å². The lowest BCUT2D eigenvalue weighted by atomic mass is 9.92. The Balaban J connectivity index is 0.000000106. The predicted octanol–water partition coefficient (Wildman–Crippen LogP) is 35.7. The third-order valence-electron chi connectivity index (χ3n) is 29.3. The molecule has 0 spiro atoms. The summed E-state index contributed by atoms with van der Waals surface area (Å²) in [6.07, 6.45) is 0. The van der Waals surface area contributed by atoms with Gasteiger partial charge in [0.25, 0.3) is 0 Å². The number of rotatable bonds is 9. The van der Waals surface area contributed by atoms with Crippen LogP contribution in [0.5, 0.6) is 0 Å². The van der Waals surface area contributed by atoms with Crippen LogP contribution in [0.2, 0.25) is 0 Å². The molecule has 0 saturated heterocycles. The van der Waals surface area contributed by atoms with E-state index in [0.717, 1.165) is 126 Å². The molecule has 9 nitrogen and oxygen atoms in total. The fourth-order valence-corrected chi connectivity index (χ4v) is 22.5. The second-order valence-electron chi connectivity index (χ2n) is 37.5. The molecule has 9 heteroatoms. The highest BCUT2D eigenvalue weighted by Gasteiger charge is 2.26. The molecule has 0 bridgehead atoms. The van der Waals surface area contributed by atoms with Crippen molar-refractivity contribution in [3.05, 3.63) is 503 Å². The van der Waals surface area contributed by atoms with Gasteiger partial charge in [-0.25, -0.2) is 29.9 Å². The zero-order valence-electron chi connectivity index (χ0n) is 83.1. The highest BCUT2D eigenvalue weighted by Crippen LogP contribution is 2.46. The molecule has 31 aromatic rings. The normalized spacial score (nSPS) is 12.3. The number of fused-ring (bicyclic) bond motifs is 27. The van der Waals surface area contributed by atoms with E-state index in [1.807, 2.05) is 36.4 Å². The van der Waals surface area contributed by atoms with Crippen LogP contribution in [0.25, 0.3) is 291 Å². The summed E-state index contributed by atoms with van der Waals surface area (Å²) in [5, 5.41) is 33.8. The van der Waals surface area contributed by atoms with Gasteiger partial charge in [0.2, 0.25) is 17.8 Å². The Morgan fingerprint density at radius 3 is 0.821 bits per heavy atom. The van der Waals surface area contributed by atoms with Gasteiger partial charge in [0.1, 0.15) is 0 Å². The van der Waals surface area contributed by atoms with E-state index in [-0.39, 0.29) is 29.7 Å². The van der Waals surface area contributed by atoms with Crippen LogP contribution in [0.15, 0.2) is 503 Å². The third kappa shape index (κ3) is 13.9. The van der Waals surface area contributed by atoms with Crippen molar-refractivity contribution in [1.82, 2.24) is 43.6 Å². The van der Waals surface area contributed by atoms with Crippen LogP contribution in [0, 0.1) is 0 Å². The van der Waals surface area contributed by atoms with Gasteiger partial charge in [-0.1, -0.05) is 394 Å². The van der Waals surface area contributed by atoms with Crippen LogP contribution in [-0.4, -0.2) is 43.6 Å². The maximum atomic E-state index is 8.69. The van der Waals surface area contributed by atoms with Crippen molar-refractivity contribution in [3.63, 3.8) is 0 Å². The number of aromatic nitrogens is 9. The minimum atomic E-state index is -0.421. The Hall–Kier alpha value is -19.5. The summed E-state index contributed by atoms with van der Waals surface area (Å²) in [6.45, 7) is 0. The average Bonchev–Trinajstić information content (AvgIpc) is 1.51. The van der Waals surface area contributed by atoms with Crippen molar-refractivity contribution in [2.45, 2.75) is 0 Å². The van der Waals surface area contributed by atoms with Crippen molar-refractivity contribution in [1.29, 1.82) is 0 Å². The van der Waals surface area contributed by atoms with Gasteiger partial charge in [0.15, 0.2) is 0 Å². The average molecular weight is 1850 g/mol. The summed E-state index contributed by atoms with van der Waals surface area (Å²) in [5.41, 5.74) is 19.6. The molecule has 6 heterocycles. The van der Waals surface area contributed by atoms with Gasteiger partial charge in [0.05, 0.1) is 73.6 Å². The van der Waals surface area contributed by atoms with E-state index in [0.29, 0.717) is 40.0 Å². The van der Waals surface area contributed by atoms with Gasteiger partial charge < -0.3 is 0 Å². The monoisotopic (exact) mass is 1850 g/mol. The molecular formula is C136H83N9. The molecule has 31 rings (SSSR count). The van der Waals surface area contributed by atoms with E-state index in [4.69, 9.17) is 36.8 Å². The molecule has 145 heavy (non-hydrogen) atoms. The summed E-state index contributed by atoms with van der Waals surface area (Å²) in [6, 6.07) is 166. The van der Waals surface area contributed by atoms with E-state index < -0.39 is 6.04 Å². The molecule has 0 radical (unpaired) electrons. The molecule has 6 aromatic heterocycles. The van der Waals surface area contributed by atoms with E-state index in [9.17, 15) is 0 Å². The Morgan fingerprint density at radius 1 is 0.138 bits per heavy atom. The SMILES string of the molecule is [2H]c1c([2H])c([2H])c(-c2ccc3nc(-n4c5ccccc5c5cc6ccccc6cc54)nc(-c4ccc5c(ccc6ccccc65)c4)c3c2)c([2H])c1[2H].c1ccc(-c2ccc3nc(-n4c5ccccc5c5cc6ccccc6cc54)nc(-c4ccc5c6ccccc6c6ccccc6c5c4)c3c2)cc1.c1ccc(-c2ccc3nc(-n4c5ccccc5c5cc6ccccc6cc54)nc(-c4ccc5ccc6ccccc6c5c4)c3c2)cc1. The molecule has 25 aromatic carbocycles. The molecule has 0 saturated carbocycles. The molecule has 0 aliphatic heterocycles. The maximum Gasteiger partial charge on any atom is 0.235 e. The van der Waals surface area contributed by atoms with Crippen LogP contribution in [-0.2, 0) is 0 Å². The van der Waals surface area contributed by atoms with Crippen LogP contribution in [0.3, 0.4) is 0 Å². The summed E-state index contributed by atoms with van der Waals surface area (Å²) in [5.74, 6) is 1.84. The minimum Gasteiger partial charge on any atom is -0.278 e. The highest BCUT2D eigenvalue weighted by atomic mass is 15.2. The lowest BCUT2D eigenvalue weighted by Gasteiger charge is -2.15. The molecule has 0 aliphatic carbocycles. The summed E-state index contributed by atoms with van der Waals surface area (Å²) >= 11 is 0. The van der Waals surface area contributed by atoms with E-state index in [1.54, 1.807) is 6.07 Å². The molecule has 0 atom stereocenters. The second-order valence-corrected chi connectivity index (χ2v) is 37.5. The molecule has 0 unspecified atom stereocenters. The van der Waals surface area contributed by atoms with Gasteiger partial charge in [0, 0.05) is 65.2 Å². The first-order valence-electron chi connectivity index (χ1n) is 51.5. The van der Waals surface area contributed by atoms with E-state index in [1.165, 1.54) is 119 Å². The Morgan fingerprint density at radius 2 is 0.407 bits per heavy atom. The standard InChI is InChI=1S/C48H29N3.2C44H27N3/c1-2-12-30(13-3-1)33-23-25-44-43(27-33)47(34-22-24-39-37-18-7-6-16-35(37)36-17-8-9-19-38(36)41(39)28-34)50-48(49-44)51-45-21-11-10-20-40(45)42-26-31-14-4-5-15-32(31)29-46(42)51;1-2-10-28(11-3-1)32-21-23-40-39(26-32)43(34-20-22-36-33(24-34)19-18-29-12-6-7-15-35(29)36)46-44(45-40)47-41-17-9-8-16-37(41)38-25-30-13-4-5-14-31(30)27-42(38)47;1-2-10-28(11-3-1)33-22-23-40-39(25-33)43(34-21-20-30-19-18-29-12-6-7-15-35(29)37(30)26-34)46-44(45-40)47-41-17-9-8-16-36(41)38-24-31-13-4-5-14-32(31)27-42(38)47/h1-29H;2*1-27H/i;1D,2D,3D,10D,11D;. The Bertz CT molecular complexity index is 11100. The molecule has 0 aliphatic rings. The first kappa shape index (κ1) is 77.5.